The van der Waals surface area contributed by atoms with Crippen LogP contribution in [0.3, 0.4) is 0 Å². The Kier molecular flexibility index (Phi) is 4.12. The van der Waals surface area contributed by atoms with Crippen LogP contribution >= 0.6 is 11.6 Å². The molecule has 0 fully saturated rings. The molecule has 116 valence electrons. The molecule has 0 saturated heterocycles. The van der Waals surface area contributed by atoms with Crippen LogP contribution in [0.15, 0.2) is 53.3 Å². The van der Waals surface area contributed by atoms with Gasteiger partial charge in [-0.25, -0.2) is 9.78 Å². The standard InChI is InChI=1S/C17H13ClN2O3/c1-23-17(22)12-7-3-5-9-14(12)20-15(10-18)19-13-8-4-2-6-11(13)16(20)21/h2-9H,10H2,1H3. The summed E-state index contributed by atoms with van der Waals surface area (Å²) in [5.74, 6) is -0.122. The van der Waals surface area contributed by atoms with Gasteiger partial charge in [-0.05, 0) is 24.3 Å². The van der Waals surface area contributed by atoms with E-state index in [9.17, 15) is 9.59 Å². The smallest absolute Gasteiger partial charge is 0.339 e. The highest BCUT2D eigenvalue weighted by molar-refractivity contribution is 6.16. The zero-order valence-corrected chi connectivity index (χ0v) is 13.1. The van der Waals surface area contributed by atoms with Crippen LogP contribution in [-0.2, 0) is 10.6 Å². The van der Waals surface area contributed by atoms with Crippen molar-refractivity contribution in [3.8, 4) is 5.69 Å². The maximum Gasteiger partial charge on any atom is 0.339 e. The summed E-state index contributed by atoms with van der Waals surface area (Å²) in [6.07, 6.45) is 0. The highest BCUT2D eigenvalue weighted by atomic mass is 35.5. The lowest BCUT2D eigenvalue weighted by Gasteiger charge is -2.14. The van der Waals surface area contributed by atoms with Crippen LogP contribution in [0.4, 0.5) is 0 Å². The fraction of sp³-hybridized carbons (Fsp3) is 0.118. The lowest BCUT2D eigenvalue weighted by atomic mass is 10.1. The number of hydrogen-bond acceptors (Lipinski definition) is 4. The van der Waals surface area contributed by atoms with Gasteiger partial charge in [-0.1, -0.05) is 24.3 Å². The number of carbonyl (C=O) groups is 1. The Morgan fingerprint density at radius 2 is 1.87 bits per heavy atom. The van der Waals surface area contributed by atoms with Crippen molar-refractivity contribution in [3.63, 3.8) is 0 Å². The molecular weight excluding hydrogens is 316 g/mol. The number of benzene rings is 2. The van der Waals surface area contributed by atoms with E-state index in [4.69, 9.17) is 16.3 Å². The summed E-state index contributed by atoms with van der Waals surface area (Å²) >= 11 is 5.98. The number of rotatable bonds is 3. The Morgan fingerprint density at radius 3 is 2.61 bits per heavy atom. The van der Waals surface area contributed by atoms with Gasteiger partial charge < -0.3 is 4.74 Å². The summed E-state index contributed by atoms with van der Waals surface area (Å²) in [4.78, 5) is 29.3. The minimum Gasteiger partial charge on any atom is -0.465 e. The molecule has 0 unspecified atom stereocenters. The third-order valence-corrected chi connectivity index (χ3v) is 3.75. The summed E-state index contributed by atoms with van der Waals surface area (Å²) in [6.45, 7) is 0. The molecule has 1 aromatic heterocycles. The monoisotopic (exact) mass is 328 g/mol. The molecule has 0 aliphatic heterocycles. The van der Waals surface area contributed by atoms with Crippen molar-refractivity contribution >= 4 is 28.5 Å². The van der Waals surface area contributed by atoms with Crippen molar-refractivity contribution in [1.29, 1.82) is 0 Å². The van der Waals surface area contributed by atoms with Crippen LogP contribution in [-0.4, -0.2) is 22.6 Å². The molecule has 0 aliphatic carbocycles. The Bertz CT molecular complexity index is 950. The molecule has 0 saturated carbocycles. The predicted molar refractivity (Wildman–Crippen MR) is 88.2 cm³/mol. The van der Waals surface area contributed by atoms with Gasteiger partial charge in [0, 0.05) is 0 Å². The van der Waals surface area contributed by atoms with Crippen LogP contribution in [0.1, 0.15) is 16.2 Å². The predicted octanol–water partition coefficient (Wildman–Crippen LogP) is 2.91. The summed E-state index contributed by atoms with van der Waals surface area (Å²) in [5, 5.41) is 0.459. The van der Waals surface area contributed by atoms with Crippen molar-refractivity contribution in [3.05, 3.63) is 70.3 Å². The molecule has 0 N–H and O–H groups in total. The maximum absolute atomic E-state index is 12.9. The zero-order valence-electron chi connectivity index (χ0n) is 12.3. The van der Waals surface area contributed by atoms with Gasteiger partial charge >= 0.3 is 5.97 Å². The maximum atomic E-state index is 12.9. The molecule has 0 bridgehead atoms. The number of carbonyl (C=O) groups excluding carboxylic acids is 1. The topological polar surface area (TPSA) is 61.2 Å². The lowest BCUT2D eigenvalue weighted by Crippen LogP contribution is -2.25. The number of aromatic nitrogens is 2. The molecule has 0 amide bonds. The van der Waals surface area contributed by atoms with Gasteiger partial charge in [0.15, 0.2) is 0 Å². The first kappa shape index (κ1) is 15.2. The van der Waals surface area contributed by atoms with E-state index in [1.807, 2.05) is 0 Å². The van der Waals surface area contributed by atoms with Gasteiger partial charge in [-0.15, -0.1) is 11.6 Å². The molecule has 0 spiro atoms. The van der Waals surface area contributed by atoms with Crippen LogP contribution < -0.4 is 5.56 Å². The molecule has 5 nitrogen and oxygen atoms in total. The van der Waals surface area contributed by atoms with E-state index in [1.165, 1.54) is 11.7 Å². The van der Waals surface area contributed by atoms with E-state index < -0.39 is 5.97 Å². The SMILES string of the molecule is COC(=O)c1ccccc1-n1c(CCl)nc2ccccc2c1=O. The first-order chi connectivity index (χ1) is 11.2. The van der Waals surface area contributed by atoms with E-state index in [0.29, 0.717) is 22.4 Å². The van der Waals surface area contributed by atoms with Crippen molar-refractivity contribution in [1.82, 2.24) is 9.55 Å². The molecule has 3 rings (SSSR count). The number of esters is 1. The van der Waals surface area contributed by atoms with Crippen LogP contribution in [0.2, 0.25) is 0 Å². The minimum absolute atomic E-state index is 0.0373. The van der Waals surface area contributed by atoms with Crippen LogP contribution in [0.5, 0.6) is 0 Å². The molecule has 3 aromatic rings. The molecule has 6 heteroatoms. The fourth-order valence-corrected chi connectivity index (χ4v) is 2.65. The van der Waals surface area contributed by atoms with Crippen molar-refractivity contribution in [2.75, 3.05) is 7.11 Å². The van der Waals surface area contributed by atoms with Gasteiger partial charge in [0.2, 0.25) is 0 Å². The summed E-state index contributed by atoms with van der Waals surface area (Å²) in [7, 11) is 1.29. The van der Waals surface area contributed by atoms with Crippen LogP contribution in [0.25, 0.3) is 16.6 Å². The number of nitrogens with zero attached hydrogens (tertiary/aromatic N) is 2. The molecule has 1 heterocycles. The van der Waals surface area contributed by atoms with Crippen molar-refractivity contribution < 1.29 is 9.53 Å². The Morgan fingerprint density at radius 1 is 1.17 bits per heavy atom. The second-order valence-corrected chi connectivity index (χ2v) is 5.10. The number of ether oxygens (including phenoxy) is 1. The number of fused-ring (bicyclic) bond motifs is 1. The Labute approximate surface area is 137 Å². The summed E-state index contributed by atoms with van der Waals surface area (Å²) in [6, 6.07) is 13.7. The van der Waals surface area contributed by atoms with E-state index in [-0.39, 0.29) is 17.0 Å². The van der Waals surface area contributed by atoms with Gasteiger partial charge in [-0.3, -0.25) is 9.36 Å². The number of methoxy groups -OCH3 is 1. The number of halogens is 1. The largest absolute Gasteiger partial charge is 0.465 e. The molecule has 0 aliphatic rings. The lowest BCUT2D eigenvalue weighted by molar-refractivity contribution is 0.0600. The van der Waals surface area contributed by atoms with Gasteiger partial charge in [0.05, 0.1) is 35.1 Å². The highest BCUT2D eigenvalue weighted by Crippen LogP contribution is 2.18. The number of para-hydroxylation sites is 2. The highest BCUT2D eigenvalue weighted by Gasteiger charge is 2.18. The van der Waals surface area contributed by atoms with Crippen LogP contribution in [0, 0.1) is 0 Å². The average Bonchev–Trinajstić information content (AvgIpc) is 2.61. The summed E-state index contributed by atoms with van der Waals surface area (Å²) in [5.41, 5.74) is 0.973. The van der Waals surface area contributed by atoms with E-state index in [2.05, 4.69) is 4.98 Å². The van der Waals surface area contributed by atoms with Crippen molar-refractivity contribution in [2.45, 2.75) is 5.88 Å². The third-order valence-electron chi connectivity index (χ3n) is 3.51. The van der Waals surface area contributed by atoms with Gasteiger partial charge in [-0.2, -0.15) is 0 Å². The van der Waals surface area contributed by atoms with Gasteiger partial charge in [0.25, 0.3) is 5.56 Å². The Balaban J connectivity index is 2.39. The van der Waals surface area contributed by atoms with E-state index >= 15 is 0 Å². The third kappa shape index (κ3) is 2.59. The van der Waals surface area contributed by atoms with E-state index in [0.717, 1.165) is 0 Å². The Hall–Kier alpha value is -2.66. The first-order valence-electron chi connectivity index (χ1n) is 6.91. The minimum atomic E-state index is -0.527. The normalized spacial score (nSPS) is 10.7. The molecule has 0 atom stereocenters. The number of alkyl halides is 1. The molecular formula is C17H13ClN2O3. The zero-order chi connectivity index (χ0) is 16.4. The quantitative estimate of drug-likeness (QED) is 0.548. The second-order valence-electron chi connectivity index (χ2n) is 4.83. The average molecular weight is 329 g/mol. The van der Waals surface area contributed by atoms with E-state index in [1.54, 1.807) is 48.5 Å². The molecule has 0 radical (unpaired) electrons. The van der Waals surface area contributed by atoms with Gasteiger partial charge in [0.1, 0.15) is 5.82 Å². The number of hydrogen-bond donors (Lipinski definition) is 0. The van der Waals surface area contributed by atoms with Crippen molar-refractivity contribution in [2.24, 2.45) is 0 Å². The fourth-order valence-electron chi connectivity index (χ4n) is 2.47. The molecule has 2 aromatic carbocycles. The first-order valence-corrected chi connectivity index (χ1v) is 7.45. The second kappa shape index (κ2) is 6.22. The molecule has 23 heavy (non-hydrogen) atoms. The summed E-state index contributed by atoms with van der Waals surface area (Å²) < 4.78 is 6.15.